The van der Waals surface area contributed by atoms with Crippen molar-refractivity contribution >= 4 is 29.6 Å². The van der Waals surface area contributed by atoms with Crippen LogP contribution in [0.2, 0.25) is 0 Å². The smallest absolute Gasteiger partial charge is 0.326 e. The molecule has 12 heteroatoms. The van der Waals surface area contributed by atoms with E-state index in [-0.39, 0.29) is 18.3 Å². The molecular weight excluding hydrogens is 410 g/mol. The Morgan fingerprint density at radius 3 is 1.74 bits per heavy atom. The van der Waals surface area contributed by atoms with Gasteiger partial charge in [0.05, 0.1) is 18.6 Å². The van der Waals surface area contributed by atoms with E-state index in [4.69, 9.17) is 16.6 Å². The summed E-state index contributed by atoms with van der Waals surface area (Å²) in [5, 5.41) is 26.0. The van der Waals surface area contributed by atoms with Gasteiger partial charge in [0.25, 0.3) is 0 Å². The van der Waals surface area contributed by atoms with Crippen LogP contribution < -0.4 is 27.4 Å². The second kappa shape index (κ2) is 12.8. The molecule has 0 bridgehead atoms. The molecule has 0 spiro atoms. The van der Waals surface area contributed by atoms with Gasteiger partial charge in [0.1, 0.15) is 18.1 Å². The standard InChI is InChI=1S/C19H35N5O7/c1-8(2)6-11(22-17(28)14(21)9(3)4)16(27)24-15(10(5)25)18(29)23-12(19(30)31)7-13(20)26/h8-12,14-15,25H,6-7,21H2,1-5H3,(H2,20,26)(H,22,28)(H,23,29)(H,24,27)(H,30,31). The number of hydrogen-bond acceptors (Lipinski definition) is 7. The number of amides is 4. The molecule has 0 aromatic carbocycles. The lowest BCUT2D eigenvalue weighted by Gasteiger charge is -2.27. The average Bonchev–Trinajstić information content (AvgIpc) is 2.62. The van der Waals surface area contributed by atoms with Gasteiger partial charge in [0, 0.05) is 0 Å². The third-order valence-electron chi connectivity index (χ3n) is 4.44. The zero-order valence-electron chi connectivity index (χ0n) is 18.5. The summed E-state index contributed by atoms with van der Waals surface area (Å²) in [4.78, 5) is 59.8. The number of primary amides is 1. The maximum absolute atomic E-state index is 12.8. The molecule has 9 N–H and O–H groups in total. The van der Waals surface area contributed by atoms with E-state index >= 15 is 0 Å². The summed E-state index contributed by atoms with van der Waals surface area (Å²) in [6, 6.07) is -5.04. The molecule has 5 atom stereocenters. The Morgan fingerprint density at radius 2 is 1.35 bits per heavy atom. The number of nitrogens with one attached hydrogen (secondary N) is 3. The Hall–Kier alpha value is -2.73. The minimum Gasteiger partial charge on any atom is -0.480 e. The number of aliphatic hydroxyl groups excluding tert-OH is 1. The molecule has 0 heterocycles. The number of carboxylic acids is 1. The van der Waals surface area contributed by atoms with E-state index in [1.807, 2.05) is 13.8 Å². The highest BCUT2D eigenvalue weighted by Gasteiger charge is 2.33. The van der Waals surface area contributed by atoms with Gasteiger partial charge in [-0.25, -0.2) is 4.79 Å². The molecular formula is C19H35N5O7. The molecule has 0 aliphatic rings. The normalized spacial score (nSPS) is 16.0. The van der Waals surface area contributed by atoms with E-state index < -0.39 is 66.3 Å². The van der Waals surface area contributed by atoms with Crippen LogP contribution in [0, 0.1) is 11.8 Å². The summed E-state index contributed by atoms with van der Waals surface area (Å²) in [6.07, 6.45) is -1.84. The van der Waals surface area contributed by atoms with Crippen molar-refractivity contribution in [3.63, 3.8) is 0 Å². The number of carbonyl (C=O) groups is 5. The lowest BCUT2D eigenvalue weighted by molar-refractivity contribution is -0.144. The number of aliphatic hydroxyl groups is 1. The predicted molar refractivity (Wildman–Crippen MR) is 111 cm³/mol. The first kappa shape index (κ1) is 28.3. The van der Waals surface area contributed by atoms with E-state index in [2.05, 4.69) is 16.0 Å². The Labute approximate surface area is 181 Å². The van der Waals surface area contributed by atoms with E-state index in [0.29, 0.717) is 0 Å². The molecule has 12 nitrogen and oxygen atoms in total. The van der Waals surface area contributed by atoms with Crippen LogP contribution in [0.15, 0.2) is 0 Å². The van der Waals surface area contributed by atoms with Crippen molar-refractivity contribution in [3.8, 4) is 0 Å². The lowest BCUT2D eigenvalue weighted by Crippen LogP contribution is -2.60. The van der Waals surface area contributed by atoms with Crippen molar-refractivity contribution in [1.82, 2.24) is 16.0 Å². The van der Waals surface area contributed by atoms with Crippen LogP contribution in [0.25, 0.3) is 0 Å². The first-order valence-electron chi connectivity index (χ1n) is 10.0. The van der Waals surface area contributed by atoms with Gasteiger partial charge in [0.2, 0.25) is 23.6 Å². The molecule has 178 valence electrons. The van der Waals surface area contributed by atoms with Crippen LogP contribution in [-0.2, 0) is 24.0 Å². The fraction of sp³-hybridized carbons (Fsp3) is 0.737. The van der Waals surface area contributed by atoms with Gasteiger partial charge in [-0.3, -0.25) is 19.2 Å². The molecule has 31 heavy (non-hydrogen) atoms. The monoisotopic (exact) mass is 445 g/mol. The Kier molecular flexibility index (Phi) is 11.7. The summed E-state index contributed by atoms with van der Waals surface area (Å²) in [6.45, 7) is 8.38. The van der Waals surface area contributed by atoms with Gasteiger partial charge in [-0.05, 0) is 25.2 Å². The molecule has 5 unspecified atom stereocenters. The summed E-state index contributed by atoms with van der Waals surface area (Å²) in [7, 11) is 0. The van der Waals surface area contributed by atoms with Crippen molar-refractivity contribution < 1.29 is 34.2 Å². The van der Waals surface area contributed by atoms with E-state index in [0.717, 1.165) is 0 Å². The third kappa shape index (κ3) is 10.2. The molecule has 0 rings (SSSR count). The second-order valence-corrected chi connectivity index (χ2v) is 8.26. The van der Waals surface area contributed by atoms with Gasteiger partial charge in [-0.2, -0.15) is 0 Å². The van der Waals surface area contributed by atoms with Crippen molar-refractivity contribution in [3.05, 3.63) is 0 Å². The molecule has 0 saturated carbocycles. The van der Waals surface area contributed by atoms with Crippen LogP contribution in [-0.4, -0.2) is 70.1 Å². The van der Waals surface area contributed by atoms with Crippen LogP contribution in [0.4, 0.5) is 0 Å². The SMILES string of the molecule is CC(C)CC(NC(=O)C(N)C(C)C)C(=O)NC(C(=O)NC(CC(N)=O)C(=O)O)C(C)O. The van der Waals surface area contributed by atoms with Crippen molar-refractivity contribution in [2.45, 2.75) is 77.7 Å². The van der Waals surface area contributed by atoms with Gasteiger partial charge in [-0.15, -0.1) is 0 Å². The van der Waals surface area contributed by atoms with Gasteiger partial charge in [0.15, 0.2) is 0 Å². The first-order chi connectivity index (χ1) is 14.2. The largest absolute Gasteiger partial charge is 0.480 e. The lowest BCUT2D eigenvalue weighted by atomic mass is 10.00. The number of rotatable bonds is 13. The second-order valence-electron chi connectivity index (χ2n) is 8.26. The van der Waals surface area contributed by atoms with E-state index in [1.54, 1.807) is 13.8 Å². The maximum Gasteiger partial charge on any atom is 0.326 e. The van der Waals surface area contributed by atoms with Crippen molar-refractivity contribution in [2.24, 2.45) is 23.3 Å². The molecule has 0 aliphatic heterocycles. The average molecular weight is 446 g/mol. The highest BCUT2D eigenvalue weighted by atomic mass is 16.4. The first-order valence-corrected chi connectivity index (χ1v) is 10.0. The third-order valence-corrected chi connectivity index (χ3v) is 4.44. The number of nitrogens with two attached hydrogens (primary N) is 2. The summed E-state index contributed by atoms with van der Waals surface area (Å²) >= 11 is 0. The molecule has 0 fully saturated rings. The molecule has 0 radical (unpaired) electrons. The molecule has 4 amide bonds. The van der Waals surface area contributed by atoms with Crippen LogP contribution in [0.3, 0.4) is 0 Å². The van der Waals surface area contributed by atoms with E-state index in [9.17, 15) is 29.1 Å². The zero-order valence-corrected chi connectivity index (χ0v) is 18.5. The van der Waals surface area contributed by atoms with Gasteiger partial charge < -0.3 is 37.6 Å². The van der Waals surface area contributed by atoms with Crippen LogP contribution in [0.5, 0.6) is 0 Å². The van der Waals surface area contributed by atoms with Crippen LogP contribution >= 0.6 is 0 Å². The van der Waals surface area contributed by atoms with Crippen LogP contribution in [0.1, 0.15) is 47.5 Å². The number of hydrogen-bond donors (Lipinski definition) is 7. The summed E-state index contributed by atoms with van der Waals surface area (Å²) in [5.41, 5.74) is 10.8. The number of carboxylic acid groups (broad SMARTS) is 1. The van der Waals surface area contributed by atoms with Gasteiger partial charge >= 0.3 is 5.97 Å². The molecule has 0 aromatic rings. The highest BCUT2D eigenvalue weighted by Crippen LogP contribution is 2.08. The van der Waals surface area contributed by atoms with Gasteiger partial charge in [-0.1, -0.05) is 27.7 Å². The number of carbonyl (C=O) groups excluding carboxylic acids is 4. The fourth-order valence-corrected chi connectivity index (χ4v) is 2.60. The Morgan fingerprint density at radius 1 is 0.839 bits per heavy atom. The zero-order chi connectivity index (χ0) is 24.5. The summed E-state index contributed by atoms with van der Waals surface area (Å²) < 4.78 is 0. The van der Waals surface area contributed by atoms with Crippen molar-refractivity contribution in [1.29, 1.82) is 0 Å². The molecule has 0 aliphatic carbocycles. The highest BCUT2D eigenvalue weighted by molar-refractivity contribution is 5.95. The minimum atomic E-state index is -1.63. The molecule has 0 aromatic heterocycles. The van der Waals surface area contributed by atoms with E-state index in [1.165, 1.54) is 6.92 Å². The summed E-state index contributed by atoms with van der Waals surface area (Å²) in [5.74, 6) is -4.94. The fourth-order valence-electron chi connectivity index (χ4n) is 2.60. The Bertz CT molecular complexity index is 666. The van der Waals surface area contributed by atoms with Crippen molar-refractivity contribution in [2.75, 3.05) is 0 Å². The maximum atomic E-state index is 12.8. The Balaban J connectivity index is 5.45. The minimum absolute atomic E-state index is 0.00268. The predicted octanol–water partition coefficient (Wildman–Crippen LogP) is -2.19. The molecule has 0 saturated heterocycles. The topological polar surface area (TPSA) is 214 Å². The number of aliphatic carboxylic acids is 1. The quantitative estimate of drug-likeness (QED) is 0.165.